The van der Waals surface area contributed by atoms with E-state index in [1.807, 2.05) is 0 Å². The van der Waals surface area contributed by atoms with Crippen LogP contribution in [0.5, 0.6) is 11.5 Å². The van der Waals surface area contributed by atoms with Crippen molar-refractivity contribution in [2.24, 2.45) is 5.10 Å². The first-order valence-electron chi connectivity index (χ1n) is 8.18. The molecule has 150 valence electrons. The van der Waals surface area contributed by atoms with E-state index in [9.17, 15) is 40.6 Å². The van der Waals surface area contributed by atoms with Gasteiger partial charge in [-0.2, -0.15) is 5.10 Å². The Hall–Kier alpha value is -4.29. The van der Waals surface area contributed by atoms with Crippen molar-refractivity contribution in [1.82, 2.24) is 0 Å². The molecule has 13 nitrogen and oxygen atoms in total. The predicted octanol–water partition coefficient (Wildman–Crippen LogP) is 2.97. The van der Waals surface area contributed by atoms with Gasteiger partial charge in [0.2, 0.25) is 5.75 Å². The average Bonchev–Trinajstić information content (AvgIpc) is 2.66. The largest absolute Gasteiger partial charge is 0.504 e. The van der Waals surface area contributed by atoms with Gasteiger partial charge < -0.3 is 10.2 Å². The number of hydrazone groups is 1. The summed E-state index contributed by atoms with van der Waals surface area (Å²) in [4.78, 5) is 31.0. The number of anilines is 1. The van der Waals surface area contributed by atoms with Crippen LogP contribution in [0.1, 0.15) is 24.0 Å². The van der Waals surface area contributed by atoms with Gasteiger partial charge in [-0.3, -0.25) is 35.8 Å². The van der Waals surface area contributed by atoms with Crippen LogP contribution >= 0.6 is 0 Å². The first kappa shape index (κ1) is 19.5. The Morgan fingerprint density at radius 1 is 0.966 bits per heavy atom. The Kier molecular flexibility index (Phi) is 4.95. The molecule has 0 heterocycles. The highest BCUT2D eigenvalue weighted by atomic mass is 16.6. The fraction of sp³-hybridized carbons (Fsp3) is 0.188. The highest BCUT2D eigenvalue weighted by Crippen LogP contribution is 2.43. The summed E-state index contributed by atoms with van der Waals surface area (Å²) in [5.74, 6) is -1.53. The standard InChI is InChI=1S/C16H13N5O8/c22-13-6-8-2-1-3-11(14(8)15(16(13)23)21(28)29)18-17-10-5-4-9(19(24)25)7-12(10)20(26)27/h4-7,17,22-23H,1-3H2/b18-11+. The molecule has 2 aromatic carbocycles. The third-order valence-corrected chi connectivity index (χ3v) is 4.37. The molecule has 1 aliphatic rings. The van der Waals surface area contributed by atoms with Gasteiger partial charge in [0.15, 0.2) is 5.75 Å². The highest BCUT2D eigenvalue weighted by Gasteiger charge is 2.32. The molecule has 0 unspecified atom stereocenters. The second kappa shape index (κ2) is 7.38. The monoisotopic (exact) mass is 403 g/mol. The van der Waals surface area contributed by atoms with Crippen molar-refractivity contribution < 1.29 is 25.0 Å². The second-order valence-electron chi connectivity index (χ2n) is 6.12. The molecule has 13 heteroatoms. The molecule has 0 aliphatic heterocycles. The van der Waals surface area contributed by atoms with Gasteiger partial charge in [0.1, 0.15) is 5.69 Å². The van der Waals surface area contributed by atoms with Crippen LogP contribution in [0.2, 0.25) is 0 Å². The molecular formula is C16H13N5O8. The fourth-order valence-corrected chi connectivity index (χ4v) is 3.08. The van der Waals surface area contributed by atoms with Gasteiger partial charge in [-0.1, -0.05) is 0 Å². The third-order valence-electron chi connectivity index (χ3n) is 4.37. The molecule has 0 radical (unpaired) electrons. The number of nitro benzene ring substituents is 3. The normalized spacial score (nSPS) is 14.3. The van der Waals surface area contributed by atoms with E-state index in [1.54, 1.807) is 0 Å². The van der Waals surface area contributed by atoms with E-state index >= 15 is 0 Å². The minimum atomic E-state index is -0.898. The zero-order chi connectivity index (χ0) is 21.3. The lowest BCUT2D eigenvalue weighted by Crippen LogP contribution is -2.16. The summed E-state index contributed by atoms with van der Waals surface area (Å²) in [6, 6.07) is 4.13. The van der Waals surface area contributed by atoms with Crippen LogP contribution in [0.25, 0.3) is 0 Å². The van der Waals surface area contributed by atoms with Crippen LogP contribution < -0.4 is 5.43 Å². The molecule has 3 N–H and O–H groups in total. The maximum Gasteiger partial charge on any atom is 0.323 e. The van der Waals surface area contributed by atoms with Crippen LogP contribution in [0.4, 0.5) is 22.7 Å². The molecule has 2 aromatic rings. The number of nitro groups is 3. The van der Waals surface area contributed by atoms with Crippen molar-refractivity contribution in [3.05, 3.63) is 65.7 Å². The lowest BCUT2D eigenvalue weighted by atomic mass is 9.88. The number of hydrogen-bond donors (Lipinski definition) is 3. The number of rotatable bonds is 5. The molecule has 3 rings (SSSR count). The van der Waals surface area contributed by atoms with Gasteiger partial charge in [-0.25, -0.2) is 0 Å². The maximum atomic E-state index is 11.4. The molecule has 0 aromatic heterocycles. The summed E-state index contributed by atoms with van der Waals surface area (Å²) in [5.41, 5.74) is 1.07. The number of phenols is 2. The molecule has 0 atom stereocenters. The number of aryl methyl sites for hydroxylation is 1. The van der Waals surface area contributed by atoms with E-state index in [-0.39, 0.29) is 23.4 Å². The van der Waals surface area contributed by atoms with Gasteiger partial charge >= 0.3 is 11.4 Å². The minimum absolute atomic E-state index is 0.0219. The fourth-order valence-electron chi connectivity index (χ4n) is 3.08. The number of non-ortho nitro benzene ring substituents is 1. The summed E-state index contributed by atoms with van der Waals surface area (Å²) in [6.07, 6.45) is 1.21. The van der Waals surface area contributed by atoms with Gasteiger partial charge in [0, 0.05) is 6.07 Å². The molecule has 1 aliphatic carbocycles. The van der Waals surface area contributed by atoms with Crippen molar-refractivity contribution >= 4 is 28.5 Å². The van der Waals surface area contributed by atoms with Crippen molar-refractivity contribution in [3.8, 4) is 11.5 Å². The summed E-state index contributed by atoms with van der Waals surface area (Å²) < 4.78 is 0. The quantitative estimate of drug-likeness (QED) is 0.382. The van der Waals surface area contributed by atoms with Gasteiger partial charge in [-0.05, 0) is 37.0 Å². The van der Waals surface area contributed by atoms with Crippen molar-refractivity contribution in [2.45, 2.75) is 19.3 Å². The SMILES string of the molecule is O=[N+]([O-])c1ccc(N/N=C2\CCCc3cc(O)c(O)c([N+](=O)[O-])c32)c([N+](=O)[O-])c1. The third kappa shape index (κ3) is 3.60. The maximum absolute atomic E-state index is 11.4. The minimum Gasteiger partial charge on any atom is -0.504 e. The number of benzene rings is 2. The second-order valence-corrected chi connectivity index (χ2v) is 6.12. The molecule has 0 amide bonds. The summed E-state index contributed by atoms with van der Waals surface area (Å²) in [6.45, 7) is 0. The van der Waals surface area contributed by atoms with Crippen LogP contribution in [-0.4, -0.2) is 30.7 Å². The number of fused-ring (bicyclic) bond motifs is 1. The Bertz CT molecular complexity index is 1080. The Balaban J connectivity index is 2.07. The van der Waals surface area contributed by atoms with E-state index in [1.165, 1.54) is 6.07 Å². The first-order chi connectivity index (χ1) is 13.7. The van der Waals surface area contributed by atoms with Crippen LogP contribution in [0.3, 0.4) is 0 Å². The van der Waals surface area contributed by atoms with E-state index in [4.69, 9.17) is 0 Å². The average molecular weight is 403 g/mol. The Morgan fingerprint density at radius 2 is 1.69 bits per heavy atom. The van der Waals surface area contributed by atoms with Crippen LogP contribution in [0, 0.1) is 30.3 Å². The first-order valence-corrected chi connectivity index (χ1v) is 8.18. The van der Waals surface area contributed by atoms with Crippen LogP contribution in [-0.2, 0) is 6.42 Å². The lowest BCUT2D eigenvalue weighted by molar-refractivity contribution is -0.393. The Labute approximate surface area is 161 Å². The van der Waals surface area contributed by atoms with Crippen molar-refractivity contribution in [1.29, 1.82) is 0 Å². The molecule has 0 saturated carbocycles. The number of aromatic hydroxyl groups is 2. The van der Waals surface area contributed by atoms with E-state index in [0.29, 0.717) is 18.4 Å². The zero-order valence-electron chi connectivity index (χ0n) is 14.6. The molecule has 0 bridgehead atoms. The lowest BCUT2D eigenvalue weighted by Gasteiger charge is -2.19. The summed E-state index contributed by atoms with van der Waals surface area (Å²) >= 11 is 0. The number of nitrogens with one attached hydrogen (secondary N) is 1. The van der Waals surface area contributed by atoms with E-state index < -0.39 is 43.3 Å². The van der Waals surface area contributed by atoms with Gasteiger partial charge in [0.25, 0.3) is 5.69 Å². The molecule has 0 saturated heterocycles. The number of nitrogens with zero attached hydrogens (tertiary/aromatic N) is 4. The van der Waals surface area contributed by atoms with E-state index in [0.717, 1.165) is 18.2 Å². The Morgan fingerprint density at radius 3 is 2.31 bits per heavy atom. The van der Waals surface area contributed by atoms with Gasteiger partial charge in [-0.15, -0.1) is 0 Å². The van der Waals surface area contributed by atoms with E-state index in [2.05, 4.69) is 10.5 Å². The summed E-state index contributed by atoms with van der Waals surface area (Å²) in [5, 5.41) is 57.1. The summed E-state index contributed by atoms with van der Waals surface area (Å²) in [7, 11) is 0. The smallest absolute Gasteiger partial charge is 0.323 e. The van der Waals surface area contributed by atoms with Gasteiger partial charge in [0.05, 0.1) is 32.1 Å². The predicted molar refractivity (Wildman–Crippen MR) is 99.3 cm³/mol. The van der Waals surface area contributed by atoms with Crippen LogP contribution in [0.15, 0.2) is 29.4 Å². The molecule has 0 fully saturated rings. The van der Waals surface area contributed by atoms with Crippen molar-refractivity contribution in [2.75, 3.05) is 5.43 Å². The topological polar surface area (TPSA) is 194 Å². The molecular weight excluding hydrogens is 390 g/mol. The van der Waals surface area contributed by atoms with Crippen molar-refractivity contribution in [3.63, 3.8) is 0 Å². The number of hydrogen-bond acceptors (Lipinski definition) is 10. The number of phenolic OH excluding ortho intramolecular Hbond substituents is 2. The zero-order valence-corrected chi connectivity index (χ0v) is 14.6. The molecule has 0 spiro atoms. The molecule has 29 heavy (non-hydrogen) atoms. The highest BCUT2D eigenvalue weighted by molar-refractivity contribution is 6.07.